The van der Waals surface area contributed by atoms with Gasteiger partial charge in [0.2, 0.25) is 5.91 Å². The molecule has 104 valence electrons. The molecule has 0 aromatic rings. The van der Waals surface area contributed by atoms with Crippen molar-refractivity contribution in [2.45, 2.75) is 38.1 Å². The molecule has 0 saturated carbocycles. The molecule has 1 heterocycles. The van der Waals surface area contributed by atoms with Crippen LogP contribution in [0.5, 0.6) is 0 Å². The van der Waals surface area contributed by atoms with Gasteiger partial charge in [-0.3, -0.25) is 4.79 Å². The van der Waals surface area contributed by atoms with Gasteiger partial charge < -0.3 is 10.0 Å². The molecule has 0 aliphatic carbocycles. The summed E-state index contributed by atoms with van der Waals surface area (Å²) in [5, 5.41) is 9.13. The zero-order chi connectivity index (χ0) is 13.8. The number of hydrogen-bond acceptors (Lipinski definition) is 4. The smallest absolute Gasteiger partial charge is 0.326 e. The second-order valence-electron chi connectivity index (χ2n) is 4.71. The lowest BCUT2D eigenvalue weighted by molar-refractivity contribution is -0.150. The van der Waals surface area contributed by atoms with Gasteiger partial charge in [-0.25, -0.2) is 13.2 Å². The topological polar surface area (TPSA) is 91.8 Å². The molecule has 18 heavy (non-hydrogen) atoms. The molecule has 1 fully saturated rings. The van der Waals surface area contributed by atoms with E-state index in [1.165, 1.54) is 4.90 Å². The van der Waals surface area contributed by atoms with Crippen molar-refractivity contribution in [1.29, 1.82) is 0 Å². The van der Waals surface area contributed by atoms with Crippen molar-refractivity contribution in [2.24, 2.45) is 0 Å². The van der Waals surface area contributed by atoms with Crippen molar-refractivity contribution in [3.05, 3.63) is 0 Å². The van der Waals surface area contributed by atoms with Gasteiger partial charge in [-0.1, -0.05) is 19.3 Å². The summed E-state index contributed by atoms with van der Waals surface area (Å²) in [6.07, 6.45) is 4.74. The number of aliphatic carboxylic acids is 1. The van der Waals surface area contributed by atoms with Crippen LogP contribution in [0.3, 0.4) is 0 Å². The molecule has 1 atom stereocenters. The lowest BCUT2D eigenvalue weighted by Crippen LogP contribution is -2.48. The van der Waals surface area contributed by atoms with Crippen molar-refractivity contribution in [1.82, 2.24) is 4.90 Å². The standard InChI is InChI=1S/C11H19NO5S/c1-18(16,17)8-10(13)12-7-5-3-2-4-6-9(12)11(14)15/h9H,2-8H2,1H3,(H,14,15). The molecule has 0 spiro atoms. The summed E-state index contributed by atoms with van der Waals surface area (Å²) < 4.78 is 22.2. The Morgan fingerprint density at radius 3 is 2.39 bits per heavy atom. The summed E-state index contributed by atoms with van der Waals surface area (Å²) in [4.78, 5) is 24.2. The predicted octanol–water partition coefficient (Wildman–Crippen LogP) is 0.277. The maximum atomic E-state index is 11.9. The number of carboxylic acids is 1. The molecular weight excluding hydrogens is 258 g/mol. The van der Waals surface area contributed by atoms with Crippen LogP contribution in [0.4, 0.5) is 0 Å². The second kappa shape index (κ2) is 6.17. The predicted molar refractivity (Wildman–Crippen MR) is 65.9 cm³/mol. The average Bonchev–Trinajstić information content (AvgIpc) is 2.12. The van der Waals surface area contributed by atoms with E-state index in [9.17, 15) is 18.0 Å². The first-order valence-electron chi connectivity index (χ1n) is 6.01. The summed E-state index contributed by atoms with van der Waals surface area (Å²) in [7, 11) is -3.43. The molecule has 1 rings (SSSR count). The van der Waals surface area contributed by atoms with Gasteiger partial charge in [-0.2, -0.15) is 0 Å². The first-order chi connectivity index (χ1) is 8.31. The van der Waals surface area contributed by atoms with Gasteiger partial charge >= 0.3 is 5.97 Å². The quantitative estimate of drug-likeness (QED) is 0.799. The van der Waals surface area contributed by atoms with Crippen LogP contribution >= 0.6 is 0 Å². The number of nitrogens with zero attached hydrogens (tertiary/aromatic N) is 1. The molecule has 0 bridgehead atoms. The first-order valence-corrected chi connectivity index (χ1v) is 8.07. The minimum Gasteiger partial charge on any atom is -0.480 e. The Balaban J connectivity index is 2.83. The molecule has 0 aromatic carbocycles. The van der Waals surface area contributed by atoms with Gasteiger partial charge in [-0.05, 0) is 12.8 Å². The van der Waals surface area contributed by atoms with E-state index in [0.29, 0.717) is 13.0 Å². The molecule has 1 aliphatic rings. The van der Waals surface area contributed by atoms with E-state index in [2.05, 4.69) is 0 Å². The number of carboxylic acid groups (broad SMARTS) is 1. The fraction of sp³-hybridized carbons (Fsp3) is 0.818. The average molecular weight is 277 g/mol. The number of carbonyl (C=O) groups excluding carboxylic acids is 1. The van der Waals surface area contributed by atoms with Crippen molar-refractivity contribution >= 4 is 21.7 Å². The van der Waals surface area contributed by atoms with Gasteiger partial charge in [0.1, 0.15) is 11.8 Å². The Morgan fingerprint density at radius 2 is 1.83 bits per heavy atom. The summed E-state index contributed by atoms with van der Waals surface area (Å²) >= 11 is 0. The van der Waals surface area contributed by atoms with E-state index in [1.54, 1.807) is 0 Å². The molecule has 1 amide bonds. The van der Waals surface area contributed by atoms with Gasteiger partial charge in [0.05, 0.1) is 0 Å². The molecule has 1 unspecified atom stereocenters. The Hall–Kier alpha value is -1.11. The third-order valence-electron chi connectivity index (χ3n) is 2.99. The normalized spacial score (nSPS) is 22.1. The van der Waals surface area contributed by atoms with Gasteiger partial charge in [0, 0.05) is 12.8 Å². The SMILES string of the molecule is CS(=O)(=O)CC(=O)N1CCCCCCC1C(=O)O. The van der Waals surface area contributed by atoms with Gasteiger partial charge in [0.25, 0.3) is 0 Å². The Kier molecular flexibility index (Phi) is 5.13. The summed E-state index contributed by atoms with van der Waals surface area (Å²) in [5.74, 6) is -2.28. The first kappa shape index (κ1) is 14.9. The molecule has 1 saturated heterocycles. The number of hydrogen-bond donors (Lipinski definition) is 1. The Bertz CT molecular complexity index is 417. The molecular formula is C11H19NO5S. The number of amides is 1. The fourth-order valence-electron chi connectivity index (χ4n) is 2.15. The number of likely N-dealkylation sites (tertiary alicyclic amines) is 1. The highest BCUT2D eigenvalue weighted by molar-refractivity contribution is 7.91. The highest BCUT2D eigenvalue weighted by Crippen LogP contribution is 2.17. The van der Waals surface area contributed by atoms with Crippen LogP contribution in [0.2, 0.25) is 0 Å². The van der Waals surface area contributed by atoms with E-state index in [4.69, 9.17) is 5.11 Å². The molecule has 1 N–H and O–H groups in total. The largest absolute Gasteiger partial charge is 0.480 e. The van der Waals surface area contributed by atoms with Crippen molar-refractivity contribution < 1.29 is 23.1 Å². The van der Waals surface area contributed by atoms with E-state index in [-0.39, 0.29) is 0 Å². The maximum absolute atomic E-state index is 11.9. The molecule has 7 heteroatoms. The minimum absolute atomic E-state index is 0.325. The third kappa shape index (κ3) is 4.64. The third-order valence-corrected chi connectivity index (χ3v) is 3.77. The number of sulfone groups is 1. The van der Waals surface area contributed by atoms with E-state index >= 15 is 0 Å². The van der Waals surface area contributed by atoms with Crippen LogP contribution in [-0.4, -0.2) is 54.9 Å². The monoisotopic (exact) mass is 277 g/mol. The lowest BCUT2D eigenvalue weighted by Gasteiger charge is -2.30. The van der Waals surface area contributed by atoms with Crippen LogP contribution < -0.4 is 0 Å². The minimum atomic E-state index is -3.43. The highest BCUT2D eigenvalue weighted by atomic mass is 32.2. The fourth-order valence-corrected chi connectivity index (χ4v) is 2.76. The van der Waals surface area contributed by atoms with Crippen LogP contribution in [-0.2, 0) is 19.4 Å². The Morgan fingerprint density at radius 1 is 1.22 bits per heavy atom. The zero-order valence-electron chi connectivity index (χ0n) is 10.5. The van der Waals surface area contributed by atoms with Gasteiger partial charge in [0.15, 0.2) is 9.84 Å². The van der Waals surface area contributed by atoms with Gasteiger partial charge in [-0.15, -0.1) is 0 Å². The van der Waals surface area contributed by atoms with Crippen LogP contribution in [0.25, 0.3) is 0 Å². The molecule has 6 nitrogen and oxygen atoms in total. The van der Waals surface area contributed by atoms with E-state index in [1.807, 2.05) is 0 Å². The van der Waals surface area contributed by atoms with E-state index in [0.717, 1.165) is 31.9 Å². The van der Waals surface area contributed by atoms with Crippen molar-refractivity contribution in [3.63, 3.8) is 0 Å². The molecule has 0 aromatic heterocycles. The number of rotatable bonds is 3. The van der Waals surface area contributed by atoms with Crippen molar-refractivity contribution in [3.8, 4) is 0 Å². The van der Waals surface area contributed by atoms with E-state index < -0.39 is 33.5 Å². The Labute approximate surface area is 107 Å². The van der Waals surface area contributed by atoms with Crippen LogP contribution in [0.15, 0.2) is 0 Å². The van der Waals surface area contributed by atoms with Crippen LogP contribution in [0, 0.1) is 0 Å². The lowest BCUT2D eigenvalue weighted by atomic mass is 10.0. The summed E-state index contributed by atoms with van der Waals surface area (Å²) in [6, 6.07) is -0.889. The second-order valence-corrected chi connectivity index (χ2v) is 6.85. The summed E-state index contributed by atoms with van der Waals surface area (Å²) in [5.41, 5.74) is 0. The van der Waals surface area contributed by atoms with Crippen LogP contribution in [0.1, 0.15) is 32.1 Å². The maximum Gasteiger partial charge on any atom is 0.326 e. The molecule has 1 aliphatic heterocycles. The zero-order valence-corrected chi connectivity index (χ0v) is 11.3. The highest BCUT2D eigenvalue weighted by Gasteiger charge is 2.31. The summed E-state index contributed by atoms with van der Waals surface area (Å²) in [6.45, 7) is 0.325. The molecule has 0 radical (unpaired) electrons. The number of carbonyl (C=O) groups is 2. The van der Waals surface area contributed by atoms with Crippen molar-refractivity contribution in [2.75, 3.05) is 18.6 Å².